The van der Waals surface area contributed by atoms with E-state index in [-0.39, 0.29) is 24.7 Å². The molecule has 1 aliphatic heterocycles. The number of anilines is 1. The number of aromatic nitrogens is 3. The first-order valence-corrected chi connectivity index (χ1v) is 10.1. The number of amides is 1. The third-order valence-electron chi connectivity index (χ3n) is 4.09. The van der Waals surface area contributed by atoms with Gasteiger partial charge in [0.15, 0.2) is 10.0 Å². The van der Waals surface area contributed by atoms with Gasteiger partial charge in [0, 0.05) is 30.4 Å². The molecular weight excluding hydrogens is 382 g/mol. The molecule has 0 radical (unpaired) electrons. The van der Waals surface area contributed by atoms with E-state index in [2.05, 4.69) is 15.3 Å². The zero-order valence-corrected chi connectivity index (χ0v) is 15.4. The molecule has 3 N–H and O–H groups in total. The predicted octanol–water partition coefficient (Wildman–Crippen LogP) is -0.132. The van der Waals surface area contributed by atoms with Gasteiger partial charge in [-0.05, 0) is 19.8 Å². The molecule has 1 aliphatic rings. The van der Waals surface area contributed by atoms with Crippen molar-refractivity contribution in [2.45, 2.75) is 24.7 Å². The fourth-order valence-corrected chi connectivity index (χ4v) is 5.15. The number of rotatable bonds is 4. The summed E-state index contributed by atoms with van der Waals surface area (Å²) in [6.07, 6.45) is 2.57. The number of piperidine rings is 1. The molecule has 140 valence electrons. The van der Waals surface area contributed by atoms with E-state index in [0.717, 1.165) is 4.31 Å². The number of aryl methyl sites for hydroxylation is 1. The van der Waals surface area contributed by atoms with Gasteiger partial charge in [0.1, 0.15) is 0 Å². The molecule has 10 nitrogen and oxygen atoms in total. The molecule has 3 heterocycles. The van der Waals surface area contributed by atoms with Gasteiger partial charge in [-0.15, -0.1) is 11.3 Å². The number of H-pyrrole nitrogens is 2. The van der Waals surface area contributed by atoms with Crippen LogP contribution >= 0.6 is 11.3 Å². The normalized spacial score (nSPS) is 18.6. The van der Waals surface area contributed by atoms with E-state index in [9.17, 15) is 22.8 Å². The highest BCUT2D eigenvalue weighted by Crippen LogP contribution is 2.24. The highest BCUT2D eigenvalue weighted by atomic mass is 32.2. The first kappa shape index (κ1) is 18.5. The van der Waals surface area contributed by atoms with E-state index in [1.165, 1.54) is 18.3 Å². The molecule has 0 bridgehead atoms. The third kappa shape index (κ3) is 3.61. The van der Waals surface area contributed by atoms with Gasteiger partial charge >= 0.3 is 5.69 Å². The number of carbonyl (C=O) groups is 1. The van der Waals surface area contributed by atoms with Crippen LogP contribution in [-0.2, 0) is 14.8 Å². The van der Waals surface area contributed by atoms with E-state index in [1.54, 1.807) is 11.6 Å². The summed E-state index contributed by atoms with van der Waals surface area (Å²) in [5, 5.41) is 4.83. The van der Waals surface area contributed by atoms with Gasteiger partial charge in [0.25, 0.3) is 5.56 Å². The van der Waals surface area contributed by atoms with E-state index in [0.29, 0.717) is 18.0 Å². The number of aromatic amines is 2. The Balaban J connectivity index is 1.84. The third-order valence-corrected chi connectivity index (χ3v) is 6.80. The molecular formula is C14H17N5O5S2. The molecule has 1 fully saturated rings. The van der Waals surface area contributed by atoms with Gasteiger partial charge in [0.05, 0.1) is 5.92 Å². The summed E-state index contributed by atoms with van der Waals surface area (Å²) in [6.45, 7) is 1.50. The lowest BCUT2D eigenvalue weighted by Gasteiger charge is -2.31. The number of sulfonamides is 1. The average molecular weight is 399 g/mol. The standard InChI is InChI=1S/C14H17N5O5S2/c1-8-10(12(21)17-13(22)16-8)26(23,24)19-5-2-3-9(7-19)11(20)18-14-15-4-6-25-14/h4,6,9H,2-3,5,7H2,1H3,(H,15,18,20)(H2,16,17,21,22). The van der Waals surface area contributed by atoms with Crippen LogP contribution in [0.1, 0.15) is 18.5 Å². The number of thiazole rings is 1. The summed E-state index contributed by atoms with van der Waals surface area (Å²) < 4.78 is 26.8. The molecule has 0 spiro atoms. The summed E-state index contributed by atoms with van der Waals surface area (Å²) in [7, 11) is -4.14. The number of hydrogen-bond acceptors (Lipinski definition) is 7. The Morgan fingerprint density at radius 1 is 1.38 bits per heavy atom. The molecule has 1 atom stereocenters. The fraction of sp³-hybridized carbons (Fsp3) is 0.429. The molecule has 0 aliphatic carbocycles. The Bertz CT molecular complexity index is 1020. The first-order chi connectivity index (χ1) is 12.3. The maximum absolute atomic E-state index is 12.9. The van der Waals surface area contributed by atoms with Gasteiger partial charge in [-0.2, -0.15) is 4.31 Å². The maximum atomic E-state index is 12.9. The van der Waals surface area contributed by atoms with Crippen molar-refractivity contribution in [2.24, 2.45) is 5.92 Å². The maximum Gasteiger partial charge on any atom is 0.325 e. The number of nitrogens with zero attached hydrogens (tertiary/aromatic N) is 2. The Kier molecular flexibility index (Phi) is 5.07. The molecule has 2 aromatic heterocycles. The summed E-state index contributed by atoms with van der Waals surface area (Å²) >= 11 is 1.27. The van der Waals surface area contributed by atoms with Gasteiger partial charge in [-0.25, -0.2) is 18.2 Å². The minimum atomic E-state index is -4.14. The molecule has 2 aromatic rings. The van der Waals surface area contributed by atoms with Gasteiger partial charge < -0.3 is 10.3 Å². The van der Waals surface area contributed by atoms with Crippen LogP contribution in [0.15, 0.2) is 26.1 Å². The largest absolute Gasteiger partial charge is 0.325 e. The fourth-order valence-electron chi connectivity index (χ4n) is 2.90. The van der Waals surface area contributed by atoms with Crippen molar-refractivity contribution in [1.29, 1.82) is 0 Å². The predicted molar refractivity (Wildman–Crippen MR) is 94.6 cm³/mol. The summed E-state index contributed by atoms with van der Waals surface area (Å²) in [6, 6.07) is 0. The van der Waals surface area contributed by atoms with Crippen LogP contribution in [-0.4, -0.2) is 46.7 Å². The molecule has 1 unspecified atom stereocenters. The Labute approximate surface area is 152 Å². The average Bonchev–Trinajstić information content (AvgIpc) is 3.06. The molecule has 26 heavy (non-hydrogen) atoms. The van der Waals surface area contributed by atoms with Gasteiger partial charge in [-0.3, -0.25) is 14.6 Å². The van der Waals surface area contributed by atoms with Crippen LogP contribution in [0.4, 0.5) is 5.13 Å². The quantitative estimate of drug-likeness (QED) is 0.653. The monoisotopic (exact) mass is 399 g/mol. The number of hydrogen-bond donors (Lipinski definition) is 3. The minimum Gasteiger partial charge on any atom is -0.310 e. The second-order valence-electron chi connectivity index (χ2n) is 5.89. The van der Waals surface area contributed by atoms with E-state index < -0.39 is 32.1 Å². The van der Waals surface area contributed by atoms with E-state index >= 15 is 0 Å². The number of carbonyl (C=O) groups excluding carboxylic acids is 1. The van der Waals surface area contributed by atoms with Gasteiger partial charge in [-0.1, -0.05) is 0 Å². The van der Waals surface area contributed by atoms with Crippen LogP contribution in [0.3, 0.4) is 0 Å². The van der Waals surface area contributed by atoms with E-state index in [4.69, 9.17) is 0 Å². The SMILES string of the molecule is Cc1[nH]c(=O)[nH]c(=O)c1S(=O)(=O)N1CCCC(C(=O)Nc2nccs2)C1. The van der Waals surface area contributed by atoms with Crippen LogP contribution in [0.2, 0.25) is 0 Å². The van der Waals surface area contributed by atoms with Crippen LogP contribution in [0.25, 0.3) is 0 Å². The lowest BCUT2D eigenvalue weighted by atomic mass is 9.99. The summed E-state index contributed by atoms with van der Waals surface area (Å²) in [5.74, 6) is -0.864. The zero-order chi connectivity index (χ0) is 18.9. The van der Waals surface area contributed by atoms with Crippen molar-refractivity contribution in [3.63, 3.8) is 0 Å². The van der Waals surface area contributed by atoms with Crippen LogP contribution < -0.4 is 16.6 Å². The molecule has 12 heteroatoms. The molecule has 0 aromatic carbocycles. The van der Waals surface area contributed by atoms with Crippen LogP contribution in [0, 0.1) is 12.8 Å². The topological polar surface area (TPSA) is 145 Å². The second kappa shape index (κ2) is 7.13. The molecule has 0 saturated carbocycles. The Hall–Kier alpha value is -2.31. The van der Waals surface area contributed by atoms with Crippen LogP contribution in [0.5, 0.6) is 0 Å². The van der Waals surface area contributed by atoms with E-state index in [1.807, 2.05) is 4.98 Å². The van der Waals surface area contributed by atoms with Crippen molar-refractivity contribution in [2.75, 3.05) is 18.4 Å². The van der Waals surface area contributed by atoms with Crippen molar-refractivity contribution >= 4 is 32.4 Å². The zero-order valence-electron chi connectivity index (χ0n) is 13.8. The van der Waals surface area contributed by atoms with Crippen molar-refractivity contribution < 1.29 is 13.2 Å². The van der Waals surface area contributed by atoms with Gasteiger partial charge in [0.2, 0.25) is 15.9 Å². The lowest BCUT2D eigenvalue weighted by molar-refractivity contribution is -0.120. The molecule has 3 rings (SSSR count). The lowest BCUT2D eigenvalue weighted by Crippen LogP contribution is -2.45. The highest BCUT2D eigenvalue weighted by molar-refractivity contribution is 7.89. The first-order valence-electron chi connectivity index (χ1n) is 7.82. The number of nitrogens with one attached hydrogen (secondary N) is 3. The molecule has 1 saturated heterocycles. The smallest absolute Gasteiger partial charge is 0.310 e. The Morgan fingerprint density at radius 3 is 2.81 bits per heavy atom. The van der Waals surface area contributed by atoms with Crippen molar-refractivity contribution in [3.05, 3.63) is 38.1 Å². The summed E-state index contributed by atoms with van der Waals surface area (Å²) in [4.78, 5) is 43.4. The Morgan fingerprint density at radius 2 is 2.15 bits per heavy atom. The second-order valence-corrected chi connectivity index (χ2v) is 8.66. The van der Waals surface area contributed by atoms with Crippen molar-refractivity contribution in [3.8, 4) is 0 Å². The highest BCUT2D eigenvalue weighted by Gasteiger charge is 2.36. The summed E-state index contributed by atoms with van der Waals surface area (Å²) in [5.41, 5.74) is -1.78. The molecule has 1 amide bonds. The van der Waals surface area contributed by atoms with Crippen molar-refractivity contribution in [1.82, 2.24) is 19.3 Å². The minimum absolute atomic E-state index is 0.0342.